The predicted octanol–water partition coefficient (Wildman–Crippen LogP) is 1.20. The lowest BCUT2D eigenvalue weighted by Crippen LogP contribution is -2.16. The number of hydrogen-bond acceptors (Lipinski definition) is 4. The number of allylic oxidation sites excluding steroid dienone is 2. The first-order chi connectivity index (χ1) is 6.85. The average molecular weight is 230 g/mol. The molecule has 1 rings (SSSR count). The van der Waals surface area contributed by atoms with E-state index in [0.29, 0.717) is 17.6 Å². The molecule has 0 radical (unpaired) electrons. The van der Waals surface area contributed by atoms with Crippen LogP contribution in [-0.4, -0.2) is 26.6 Å². The quantitative estimate of drug-likeness (QED) is 0.537. The van der Waals surface area contributed by atoms with Gasteiger partial charge in [0, 0.05) is 12.0 Å². The Morgan fingerprint density at radius 3 is 2.67 bits per heavy atom. The number of rotatable bonds is 4. The van der Waals surface area contributed by atoms with Crippen LogP contribution in [0.5, 0.6) is 0 Å². The van der Waals surface area contributed by atoms with Crippen molar-refractivity contribution in [3.63, 3.8) is 0 Å². The van der Waals surface area contributed by atoms with Crippen LogP contribution in [-0.2, 0) is 19.1 Å². The first-order valence-electron chi connectivity index (χ1n) is 4.57. The summed E-state index contributed by atoms with van der Waals surface area (Å²) in [6.45, 7) is 5.27. The van der Waals surface area contributed by atoms with E-state index in [1.54, 1.807) is 13.0 Å². The van der Waals surface area contributed by atoms with Gasteiger partial charge in [0.05, 0.1) is 6.26 Å². The van der Waals surface area contributed by atoms with Crippen molar-refractivity contribution >= 4 is 15.9 Å². The van der Waals surface area contributed by atoms with Gasteiger partial charge in [-0.3, -0.25) is 8.98 Å². The van der Waals surface area contributed by atoms with Gasteiger partial charge in [0.15, 0.2) is 5.78 Å². The van der Waals surface area contributed by atoms with Gasteiger partial charge in [0.2, 0.25) is 0 Å². The number of ketones is 1. The molecule has 0 aromatic carbocycles. The van der Waals surface area contributed by atoms with Crippen molar-refractivity contribution in [3.05, 3.63) is 23.8 Å². The van der Waals surface area contributed by atoms with E-state index < -0.39 is 16.2 Å². The van der Waals surface area contributed by atoms with Crippen LogP contribution < -0.4 is 0 Å². The second kappa shape index (κ2) is 4.28. The summed E-state index contributed by atoms with van der Waals surface area (Å²) in [5, 5.41) is 0. The summed E-state index contributed by atoms with van der Waals surface area (Å²) in [7, 11) is -3.51. The Balaban J connectivity index is 2.90. The predicted molar refractivity (Wildman–Crippen MR) is 56.9 cm³/mol. The molecule has 0 aromatic heterocycles. The second-order valence-corrected chi connectivity index (χ2v) is 5.17. The minimum atomic E-state index is -3.51. The highest BCUT2D eigenvalue weighted by Gasteiger charge is 2.31. The highest BCUT2D eigenvalue weighted by molar-refractivity contribution is 7.86. The fourth-order valence-corrected chi connectivity index (χ4v) is 2.23. The van der Waals surface area contributed by atoms with E-state index in [-0.39, 0.29) is 12.2 Å². The summed E-state index contributed by atoms with van der Waals surface area (Å²) in [5.74, 6) is -0.0546. The third-order valence-electron chi connectivity index (χ3n) is 2.31. The van der Waals surface area contributed by atoms with E-state index in [1.807, 2.05) is 0 Å². The Hall–Kier alpha value is -0.940. The Morgan fingerprint density at radius 1 is 1.60 bits per heavy atom. The summed E-state index contributed by atoms with van der Waals surface area (Å²) in [4.78, 5) is 11.5. The van der Waals surface area contributed by atoms with E-state index in [1.165, 1.54) is 0 Å². The Morgan fingerprint density at radius 2 is 2.20 bits per heavy atom. The van der Waals surface area contributed by atoms with Crippen molar-refractivity contribution in [2.24, 2.45) is 0 Å². The lowest BCUT2D eigenvalue weighted by molar-refractivity contribution is -0.115. The van der Waals surface area contributed by atoms with Crippen LogP contribution in [0.4, 0.5) is 0 Å². The van der Waals surface area contributed by atoms with E-state index in [4.69, 9.17) is 4.18 Å². The van der Waals surface area contributed by atoms with Crippen LogP contribution in [0.3, 0.4) is 0 Å². The average Bonchev–Trinajstić information content (AvgIpc) is 2.30. The van der Waals surface area contributed by atoms with Gasteiger partial charge in [-0.25, -0.2) is 0 Å². The zero-order valence-corrected chi connectivity index (χ0v) is 9.63. The summed E-state index contributed by atoms with van der Waals surface area (Å²) >= 11 is 0. The molecular formula is C10H14O4S. The number of Topliss-reactive ketones (excluding diaryl/α,β-unsaturated/α-hetero) is 1. The van der Waals surface area contributed by atoms with E-state index in [9.17, 15) is 13.2 Å². The third-order valence-corrected chi connectivity index (χ3v) is 2.89. The van der Waals surface area contributed by atoms with Crippen molar-refractivity contribution in [3.8, 4) is 0 Å². The van der Waals surface area contributed by atoms with Crippen molar-refractivity contribution < 1.29 is 17.4 Å². The van der Waals surface area contributed by atoms with Gasteiger partial charge in [-0.1, -0.05) is 6.08 Å². The molecule has 0 saturated carbocycles. The largest absolute Gasteiger partial charge is 0.294 e. The molecule has 1 aliphatic rings. The van der Waals surface area contributed by atoms with Gasteiger partial charge >= 0.3 is 0 Å². The molecule has 1 aliphatic carbocycles. The molecule has 0 heterocycles. The van der Waals surface area contributed by atoms with Crippen molar-refractivity contribution in [1.82, 2.24) is 0 Å². The smallest absolute Gasteiger partial charge is 0.264 e. The Bertz CT molecular complexity index is 417. The molecule has 0 bridgehead atoms. The van der Waals surface area contributed by atoms with E-state index in [0.717, 1.165) is 6.26 Å². The molecule has 0 spiro atoms. The summed E-state index contributed by atoms with van der Waals surface area (Å²) in [5.41, 5.74) is 1.32. The van der Waals surface area contributed by atoms with Gasteiger partial charge < -0.3 is 0 Å². The molecule has 0 fully saturated rings. The van der Waals surface area contributed by atoms with Gasteiger partial charge in [0.25, 0.3) is 10.1 Å². The molecular weight excluding hydrogens is 216 g/mol. The Labute approximate surface area is 89.7 Å². The molecule has 0 aliphatic heterocycles. The summed E-state index contributed by atoms with van der Waals surface area (Å²) < 4.78 is 26.7. The van der Waals surface area contributed by atoms with Crippen LogP contribution in [0.15, 0.2) is 23.8 Å². The zero-order chi connectivity index (χ0) is 11.6. The van der Waals surface area contributed by atoms with Crippen LogP contribution >= 0.6 is 0 Å². The van der Waals surface area contributed by atoms with Gasteiger partial charge in [-0.2, -0.15) is 8.42 Å². The topological polar surface area (TPSA) is 60.4 Å². The van der Waals surface area contributed by atoms with Crippen LogP contribution in [0.2, 0.25) is 0 Å². The lowest BCUT2D eigenvalue weighted by atomic mass is 10.1. The van der Waals surface area contributed by atoms with Crippen LogP contribution in [0.1, 0.15) is 19.8 Å². The molecule has 84 valence electrons. The maximum atomic E-state index is 11.5. The summed E-state index contributed by atoms with van der Waals surface area (Å²) in [6.07, 6.45) is 2.56. The third kappa shape index (κ3) is 3.00. The molecule has 5 heteroatoms. The highest BCUT2D eigenvalue weighted by Crippen LogP contribution is 2.28. The van der Waals surface area contributed by atoms with Crippen LogP contribution in [0, 0.1) is 0 Å². The van der Waals surface area contributed by atoms with E-state index in [2.05, 4.69) is 6.58 Å². The van der Waals surface area contributed by atoms with Crippen molar-refractivity contribution in [2.45, 2.75) is 25.9 Å². The molecule has 15 heavy (non-hydrogen) atoms. The highest BCUT2D eigenvalue weighted by atomic mass is 32.2. The number of hydrogen-bond donors (Lipinski definition) is 0. The molecule has 0 saturated heterocycles. The zero-order valence-electron chi connectivity index (χ0n) is 8.82. The maximum absolute atomic E-state index is 11.5. The molecule has 0 aromatic rings. The van der Waals surface area contributed by atoms with Crippen molar-refractivity contribution in [2.75, 3.05) is 6.26 Å². The maximum Gasteiger partial charge on any atom is 0.264 e. The molecule has 0 N–H and O–H groups in total. The van der Waals surface area contributed by atoms with Gasteiger partial charge in [-0.05, 0) is 18.9 Å². The molecule has 4 nitrogen and oxygen atoms in total. The standard InChI is InChI=1S/C10H14O4S/c1-4-5-8-7(2)10(6-9(8)11)14-15(3,12)13/h4,10H,1,5-6H2,2-3H3/t10-/m1/s1. The minimum Gasteiger partial charge on any atom is -0.294 e. The van der Waals surface area contributed by atoms with Crippen LogP contribution in [0.25, 0.3) is 0 Å². The summed E-state index contributed by atoms with van der Waals surface area (Å²) in [6, 6.07) is 0. The first-order valence-corrected chi connectivity index (χ1v) is 6.39. The normalized spacial score (nSPS) is 22.3. The van der Waals surface area contributed by atoms with Crippen molar-refractivity contribution in [1.29, 1.82) is 0 Å². The first kappa shape index (κ1) is 12.1. The number of carbonyl (C=O) groups excluding carboxylic acids is 1. The fourth-order valence-electron chi connectivity index (χ4n) is 1.60. The molecule has 0 amide bonds. The van der Waals surface area contributed by atoms with E-state index >= 15 is 0 Å². The van der Waals surface area contributed by atoms with Gasteiger partial charge in [-0.15, -0.1) is 6.58 Å². The lowest BCUT2D eigenvalue weighted by Gasteiger charge is -2.09. The second-order valence-electron chi connectivity index (χ2n) is 3.57. The Kier molecular flexibility index (Phi) is 3.46. The van der Waals surface area contributed by atoms with Gasteiger partial charge in [0.1, 0.15) is 6.10 Å². The fraction of sp³-hybridized carbons (Fsp3) is 0.500. The monoisotopic (exact) mass is 230 g/mol. The SMILES string of the molecule is C=CCC1=C(C)[C@H](OS(C)(=O)=O)CC1=O. The minimum absolute atomic E-state index is 0.0546. The number of carbonyl (C=O) groups is 1. The molecule has 1 atom stereocenters. The molecule has 0 unspecified atom stereocenters.